The Morgan fingerprint density at radius 3 is 2.04 bits per heavy atom. The predicted molar refractivity (Wildman–Crippen MR) is 108 cm³/mol. The van der Waals surface area contributed by atoms with Gasteiger partial charge in [0.05, 0.1) is 5.56 Å². The second-order valence-corrected chi connectivity index (χ2v) is 6.28. The Hall–Kier alpha value is -3.80. The number of benzene rings is 2. The van der Waals surface area contributed by atoms with Crippen LogP contribution < -0.4 is 10.6 Å². The molecular formula is C22H19N3O3. The lowest BCUT2D eigenvalue weighted by molar-refractivity contribution is 0.100. The molecule has 0 fully saturated rings. The number of hydrogen-bond acceptors (Lipinski definition) is 5. The fraction of sp³-hybridized carbons (Fsp3) is 0.0909. The molecule has 28 heavy (non-hydrogen) atoms. The molecule has 0 aliphatic carbocycles. The van der Waals surface area contributed by atoms with Crippen molar-refractivity contribution in [3.63, 3.8) is 0 Å². The smallest absolute Gasteiger partial charge is 0.257 e. The number of carbonyl (C=O) groups is 3. The number of nitrogens with one attached hydrogen (secondary N) is 2. The number of nitrogens with zero attached hydrogens (tertiary/aromatic N) is 1. The van der Waals surface area contributed by atoms with E-state index in [1.807, 2.05) is 0 Å². The zero-order valence-electron chi connectivity index (χ0n) is 15.5. The first-order valence-corrected chi connectivity index (χ1v) is 8.69. The van der Waals surface area contributed by atoms with Gasteiger partial charge in [-0.1, -0.05) is 12.1 Å². The van der Waals surface area contributed by atoms with Gasteiger partial charge in [-0.15, -0.1) is 0 Å². The van der Waals surface area contributed by atoms with E-state index in [2.05, 4.69) is 15.6 Å². The Balaban J connectivity index is 1.66. The van der Waals surface area contributed by atoms with Crippen molar-refractivity contribution < 1.29 is 14.4 Å². The number of pyridine rings is 1. The van der Waals surface area contributed by atoms with E-state index in [1.165, 1.54) is 20.0 Å². The monoisotopic (exact) mass is 373 g/mol. The summed E-state index contributed by atoms with van der Waals surface area (Å²) in [5.74, 6) is 0.203. The molecule has 0 bridgehead atoms. The van der Waals surface area contributed by atoms with Gasteiger partial charge >= 0.3 is 0 Å². The summed E-state index contributed by atoms with van der Waals surface area (Å²) in [6.45, 7) is 2.99. The van der Waals surface area contributed by atoms with Crippen LogP contribution in [-0.4, -0.2) is 22.5 Å². The van der Waals surface area contributed by atoms with Crippen molar-refractivity contribution in [1.29, 1.82) is 0 Å². The number of carbonyl (C=O) groups excluding carboxylic acids is 3. The number of anilines is 3. The molecule has 1 aromatic heterocycles. The van der Waals surface area contributed by atoms with E-state index in [9.17, 15) is 14.4 Å². The third-order valence-electron chi connectivity index (χ3n) is 4.12. The van der Waals surface area contributed by atoms with Gasteiger partial charge in [0, 0.05) is 28.7 Å². The van der Waals surface area contributed by atoms with Gasteiger partial charge in [0.1, 0.15) is 5.82 Å². The molecular weight excluding hydrogens is 354 g/mol. The van der Waals surface area contributed by atoms with Gasteiger partial charge in [0.15, 0.2) is 11.6 Å². The quantitative estimate of drug-likeness (QED) is 0.622. The SMILES string of the molecule is CC(=O)c1ccc(Nc2ccc(C(=O)Nc3cccc(C(C)=O)c3)cn2)cc1. The molecule has 0 aliphatic rings. The largest absolute Gasteiger partial charge is 0.340 e. The van der Waals surface area contributed by atoms with Gasteiger partial charge in [0.25, 0.3) is 5.91 Å². The molecule has 0 aliphatic heterocycles. The minimum atomic E-state index is -0.314. The van der Waals surface area contributed by atoms with Crippen LogP contribution in [0.3, 0.4) is 0 Å². The third-order valence-corrected chi connectivity index (χ3v) is 4.12. The van der Waals surface area contributed by atoms with Crippen LogP contribution in [0.5, 0.6) is 0 Å². The van der Waals surface area contributed by atoms with E-state index in [0.29, 0.717) is 28.2 Å². The Morgan fingerprint density at radius 1 is 0.750 bits per heavy atom. The summed E-state index contributed by atoms with van der Waals surface area (Å²) in [5, 5.41) is 5.87. The zero-order valence-corrected chi connectivity index (χ0v) is 15.5. The first kappa shape index (κ1) is 19.0. The van der Waals surface area contributed by atoms with Crippen LogP contribution in [0, 0.1) is 0 Å². The highest BCUT2D eigenvalue weighted by atomic mass is 16.1. The van der Waals surface area contributed by atoms with E-state index < -0.39 is 0 Å². The van der Waals surface area contributed by atoms with Gasteiger partial charge in [-0.2, -0.15) is 0 Å². The highest BCUT2D eigenvalue weighted by molar-refractivity contribution is 6.05. The van der Waals surface area contributed by atoms with Crippen LogP contribution in [0.4, 0.5) is 17.2 Å². The molecule has 6 nitrogen and oxygen atoms in total. The van der Waals surface area contributed by atoms with Crippen LogP contribution in [0.15, 0.2) is 66.9 Å². The molecule has 0 unspecified atom stereocenters. The van der Waals surface area contributed by atoms with Crippen molar-refractivity contribution in [3.8, 4) is 0 Å². The van der Waals surface area contributed by atoms with Crippen LogP contribution in [-0.2, 0) is 0 Å². The van der Waals surface area contributed by atoms with E-state index in [-0.39, 0.29) is 17.5 Å². The molecule has 2 aromatic carbocycles. The topological polar surface area (TPSA) is 88.2 Å². The number of aromatic nitrogens is 1. The molecule has 0 spiro atoms. The lowest BCUT2D eigenvalue weighted by Gasteiger charge is -2.08. The van der Waals surface area contributed by atoms with Gasteiger partial charge in [-0.3, -0.25) is 14.4 Å². The summed E-state index contributed by atoms with van der Waals surface area (Å²) in [6.07, 6.45) is 1.47. The third kappa shape index (κ3) is 4.67. The number of amides is 1. The number of rotatable bonds is 6. The van der Waals surface area contributed by atoms with E-state index in [4.69, 9.17) is 0 Å². The highest BCUT2D eigenvalue weighted by Crippen LogP contribution is 2.17. The molecule has 0 atom stereocenters. The first-order valence-electron chi connectivity index (χ1n) is 8.69. The minimum Gasteiger partial charge on any atom is -0.340 e. The summed E-state index contributed by atoms with van der Waals surface area (Å²) < 4.78 is 0. The average molecular weight is 373 g/mol. The van der Waals surface area contributed by atoms with Gasteiger partial charge in [-0.25, -0.2) is 4.98 Å². The molecule has 0 saturated heterocycles. The molecule has 0 radical (unpaired) electrons. The van der Waals surface area contributed by atoms with Crippen LogP contribution in [0.1, 0.15) is 44.9 Å². The molecule has 3 rings (SSSR count). The number of Topliss-reactive ketones (excluding diaryl/α,β-unsaturated/α-hetero) is 2. The summed E-state index contributed by atoms with van der Waals surface area (Å²) in [4.78, 5) is 39.4. The van der Waals surface area contributed by atoms with Gasteiger partial charge in [0.2, 0.25) is 0 Å². The van der Waals surface area contributed by atoms with Crippen molar-refractivity contribution >= 4 is 34.7 Å². The van der Waals surface area contributed by atoms with Crippen LogP contribution >= 0.6 is 0 Å². The Bertz CT molecular complexity index is 1030. The fourth-order valence-corrected chi connectivity index (χ4v) is 2.56. The molecule has 1 amide bonds. The van der Waals surface area contributed by atoms with Crippen molar-refractivity contribution in [2.75, 3.05) is 10.6 Å². The summed E-state index contributed by atoms with van der Waals surface area (Å²) >= 11 is 0. The second-order valence-electron chi connectivity index (χ2n) is 6.28. The summed E-state index contributed by atoms with van der Waals surface area (Å²) in [5.41, 5.74) is 2.90. The van der Waals surface area contributed by atoms with E-state index in [1.54, 1.807) is 60.7 Å². The van der Waals surface area contributed by atoms with Crippen molar-refractivity contribution in [1.82, 2.24) is 4.98 Å². The zero-order chi connectivity index (χ0) is 20.1. The van der Waals surface area contributed by atoms with Crippen LogP contribution in [0.25, 0.3) is 0 Å². The predicted octanol–water partition coefficient (Wildman–Crippen LogP) is 4.48. The van der Waals surface area contributed by atoms with Gasteiger partial charge in [-0.05, 0) is 62.4 Å². The number of hydrogen-bond donors (Lipinski definition) is 2. The maximum atomic E-state index is 12.4. The Morgan fingerprint density at radius 2 is 1.43 bits per heavy atom. The lowest BCUT2D eigenvalue weighted by atomic mass is 10.1. The Kier molecular flexibility index (Phi) is 5.60. The highest BCUT2D eigenvalue weighted by Gasteiger charge is 2.08. The Labute approximate surface area is 162 Å². The molecule has 1 heterocycles. The fourth-order valence-electron chi connectivity index (χ4n) is 2.56. The first-order chi connectivity index (χ1) is 13.4. The van der Waals surface area contributed by atoms with Gasteiger partial charge < -0.3 is 10.6 Å². The number of ketones is 2. The standard InChI is InChI=1S/C22H19N3O3/c1-14(26)16-6-9-19(10-7-16)24-21-11-8-18(13-23-21)22(28)25-20-5-3-4-17(12-20)15(2)27/h3-13H,1-2H3,(H,23,24)(H,25,28). The second kappa shape index (κ2) is 8.26. The molecule has 0 saturated carbocycles. The van der Waals surface area contributed by atoms with Crippen molar-refractivity contribution in [3.05, 3.63) is 83.6 Å². The molecule has 6 heteroatoms. The maximum Gasteiger partial charge on any atom is 0.257 e. The maximum absolute atomic E-state index is 12.4. The van der Waals surface area contributed by atoms with Crippen molar-refractivity contribution in [2.24, 2.45) is 0 Å². The summed E-state index contributed by atoms with van der Waals surface area (Å²) in [7, 11) is 0. The van der Waals surface area contributed by atoms with E-state index in [0.717, 1.165) is 5.69 Å². The lowest BCUT2D eigenvalue weighted by Crippen LogP contribution is -2.12. The average Bonchev–Trinajstić information content (AvgIpc) is 2.69. The summed E-state index contributed by atoms with van der Waals surface area (Å²) in [6, 6.07) is 17.2. The molecule has 2 N–H and O–H groups in total. The molecule has 140 valence electrons. The van der Waals surface area contributed by atoms with Crippen molar-refractivity contribution in [2.45, 2.75) is 13.8 Å². The van der Waals surface area contributed by atoms with E-state index >= 15 is 0 Å². The normalized spacial score (nSPS) is 10.2. The molecule has 3 aromatic rings. The van der Waals surface area contributed by atoms with Crippen LogP contribution in [0.2, 0.25) is 0 Å². The minimum absolute atomic E-state index is 0.00822.